The lowest BCUT2D eigenvalue weighted by molar-refractivity contribution is -0.136. The van der Waals surface area contributed by atoms with Crippen molar-refractivity contribution < 1.29 is 9.59 Å². The maximum absolute atomic E-state index is 12.7. The summed E-state index contributed by atoms with van der Waals surface area (Å²) >= 11 is 0. The second-order valence-electron chi connectivity index (χ2n) is 7.29. The molecule has 0 bridgehead atoms. The number of anilines is 1. The van der Waals surface area contributed by atoms with Crippen LogP contribution in [0, 0.1) is 5.92 Å². The molecule has 4 rings (SSSR count). The van der Waals surface area contributed by atoms with E-state index in [0.29, 0.717) is 13.0 Å². The van der Waals surface area contributed by atoms with E-state index in [-0.39, 0.29) is 17.7 Å². The molecule has 2 heterocycles. The van der Waals surface area contributed by atoms with Crippen LogP contribution in [0.3, 0.4) is 0 Å². The first-order valence-electron chi connectivity index (χ1n) is 8.99. The average molecular weight is 324 g/mol. The molecule has 3 aliphatic rings. The van der Waals surface area contributed by atoms with E-state index < -0.39 is 0 Å². The largest absolute Gasteiger partial charge is 0.342 e. The molecule has 1 unspecified atom stereocenters. The number of aryl methyl sites for hydroxylation is 2. The third-order valence-electron chi connectivity index (χ3n) is 5.65. The van der Waals surface area contributed by atoms with Gasteiger partial charge in [-0.15, -0.1) is 0 Å². The monoisotopic (exact) mass is 324 g/mol. The van der Waals surface area contributed by atoms with Gasteiger partial charge in [-0.3, -0.25) is 9.59 Å². The first-order valence-corrected chi connectivity index (χ1v) is 8.99. The highest BCUT2D eigenvalue weighted by Gasteiger charge is 2.37. The summed E-state index contributed by atoms with van der Waals surface area (Å²) in [6.45, 7) is 6.02. The fraction of sp³-hybridized carbons (Fsp3) is 0.500. The fourth-order valence-electron chi connectivity index (χ4n) is 4.15. The van der Waals surface area contributed by atoms with Gasteiger partial charge in [0.1, 0.15) is 0 Å². The first-order chi connectivity index (χ1) is 11.6. The Hall–Kier alpha value is -2.10. The van der Waals surface area contributed by atoms with Crippen LogP contribution < -0.4 is 4.90 Å². The average Bonchev–Trinajstić information content (AvgIpc) is 3.20. The molecule has 24 heavy (non-hydrogen) atoms. The van der Waals surface area contributed by atoms with E-state index in [1.54, 1.807) is 0 Å². The van der Waals surface area contributed by atoms with Crippen LogP contribution in [0.25, 0.3) is 0 Å². The molecule has 2 aliphatic heterocycles. The number of likely N-dealkylation sites (tertiary alicyclic amines) is 1. The zero-order valence-electron chi connectivity index (χ0n) is 14.1. The van der Waals surface area contributed by atoms with Gasteiger partial charge in [-0.2, -0.15) is 0 Å². The fourth-order valence-corrected chi connectivity index (χ4v) is 4.15. The third kappa shape index (κ3) is 2.74. The maximum Gasteiger partial charge on any atom is 0.228 e. The van der Waals surface area contributed by atoms with Crippen LogP contribution in [0.2, 0.25) is 0 Å². The summed E-state index contributed by atoms with van der Waals surface area (Å²) in [5, 5.41) is 0. The number of rotatable bonds is 2. The van der Waals surface area contributed by atoms with E-state index in [2.05, 4.69) is 18.7 Å². The smallest absolute Gasteiger partial charge is 0.228 e. The van der Waals surface area contributed by atoms with Crippen molar-refractivity contribution >= 4 is 17.5 Å². The minimum Gasteiger partial charge on any atom is -0.342 e. The number of nitrogens with zero attached hydrogens (tertiary/aromatic N) is 2. The van der Waals surface area contributed by atoms with Gasteiger partial charge in [0.2, 0.25) is 11.8 Å². The van der Waals surface area contributed by atoms with Crippen LogP contribution >= 0.6 is 0 Å². The number of fused-ring (bicyclic) bond motifs is 1. The normalized spacial score (nSPS) is 23.8. The van der Waals surface area contributed by atoms with E-state index >= 15 is 0 Å². The zero-order chi connectivity index (χ0) is 16.7. The molecule has 126 valence electrons. The molecule has 1 aromatic rings. The Balaban J connectivity index is 1.47. The second-order valence-corrected chi connectivity index (χ2v) is 7.29. The molecule has 0 N–H and O–H groups in total. The van der Waals surface area contributed by atoms with Gasteiger partial charge in [-0.1, -0.05) is 18.2 Å². The van der Waals surface area contributed by atoms with Crippen molar-refractivity contribution in [2.24, 2.45) is 5.92 Å². The Bertz CT molecular complexity index is 700. The van der Waals surface area contributed by atoms with E-state index in [0.717, 1.165) is 44.5 Å². The van der Waals surface area contributed by atoms with E-state index in [1.807, 2.05) is 15.9 Å². The van der Waals surface area contributed by atoms with Crippen LogP contribution in [-0.2, 0) is 22.4 Å². The van der Waals surface area contributed by atoms with Gasteiger partial charge in [0.25, 0.3) is 0 Å². The molecule has 0 saturated carbocycles. The van der Waals surface area contributed by atoms with Gasteiger partial charge in [0, 0.05) is 31.7 Å². The Kier molecular flexibility index (Phi) is 3.91. The molecule has 4 nitrogen and oxygen atoms in total. The number of hydrogen-bond donors (Lipinski definition) is 0. The van der Waals surface area contributed by atoms with Crippen molar-refractivity contribution in [2.45, 2.75) is 38.5 Å². The quantitative estimate of drug-likeness (QED) is 0.785. The number of amides is 2. The number of carbonyl (C=O) groups is 2. The predicted octanol–water partition coefficient (Wildman–Crippen LogP) is 2.71. The predicted molar refractivity (Wildman–Crippen MR) is 93.9 cm³/mol. The van der Waals surface area contributed by atoms with Gasteiger partial charge in [0.05, 0.1) is 5.92 Å². The van der Waals surface area contributed by atoms with Crippen molar-refractivity contribution in [1.82, 2.24) is 4.90 Å². The number of benzene rings is 1. The molecule has 2 amide bonds. The summed E-state index contributed by atoms with van der Waals surface area (Å²) in [5.74, 6) is 0.0179. The standard InChI is InChI=1S/C20H24N2O2/c1-14-7-9-21(10-8-14)20(24)17-12-19(23)22(13-17)18-6-5-15-3-2-4-16(15)11-18/h5-6,11,17H,1-4,7-10,12-13H2. The second kappa shape index (κ2) is 6.08. The van der Waals surface area contributed by atoms with Crippen molar-refractivity contribution in [2.75, 3.05) is 24.5 Å². The topological polar surface area (TPSA) is 40.6 Å². The Morgan fingerprint density at radius 1 is 1.08 bits per heavy atom. The summed E-state index contributed by atoms with van der Waals surface area (Å²) in [4.78, 5) is 28.9. The molecular formula is C20H24N2O2. The van der Waals surface area contributed by atoms with Gasteiger partial charge in [-0.25, -0.2) is 0 Å². The van der Waals surface area contributed by atoms with Crippen LogP contribution in [-0.4, -0.2) is 36.3 Å². The van der Waals surface area contributed by atoms with E-state index in [9.17, 15) is 9.59 Å². The van der Waals surface area contributed by atoms with Crippen LogP contribution in [0.5, 0.6) is 0 Å². The minimum absolute atomic E-state index is 0.0766. The lowest BCUT2D eigenvalue weighted by Gasteiger charge is -2.30. The van der Waals surface area contributed by atoms with Gasteiger partial charge >= 0.3 is 0 Å². The van der Waals surface area contributed by atoms with E-state index in [1.165, 1.54) is 23.1 Å². The SMILES string of the molecule is C=C1CCN(C(=O)C2CC(=O)N(c3ccc4c(c3)CCC4)C2)CC1. The zero-order valence-corrected chi connectivity index (χ0v) is 14.1. The highest BCUT2D eigenvalue weighted by molar-refractivity contribution is 6.00. The summed E-state index contributed by atoms with van der Waals surface area (Å²) in [7, 11) is 0. The lowest BCUT2D eigenvalue weighted by Crippen LogP contribution is -2.41. The molecule has 2 fully saturated rings. The molecule has 1 atom stereocenters. The van der Waals surface area contributed by atoms with Crippen molar-refractivity contribution in [3.05, 3.63) is 41.5 Å². The molecule has 1 aliphatic carbocycles. The van der Waals surface area contributed by atoms with Crippen molar-refractivity contribution in [3.8, 4) is 0 Å². The molecule has 0 spiro atoms. The highest BCUT2D eigenvalue weighted by atomic mass is 16.2. The van der Waals surface area contributed by atoms with Crippen LogP contribution in [0.1, 0.15) is 36.8 Å². The summed E-state index contributed by atoms with van der Waals surface area (Å²) in [6, 6.07) is 6.34. The van der Waals surface area contributed by atoms with E-state index in [4.69, 9.17) is 0 Å². The number of carbonyl (C=O) groups excluding carboxylic acids is 2. The summed E-state index contributed by atoms with van der Waals surface area (Å²) in [5.41, 5.74) is 4.96. The third-order valence-corrected chi connectivity index (χ3v) is 5.65. The first kappa shape index (κ1) is 15.4. The summed E-state index contributed by atoms with van der Waals surface area (Å²) < 4.78 is 0. The van der Waals surface area contributed by atoms with Gasteiger partial charge < -0.3 is 9.80 Å². The lowest BCUT2D eigenvalue weighted by atomic mass is 10.0. The molecule has 2 saturated heterocycles. The Morgan fingerprint density at radius 3 is 2.62 bits per heavy atom. The van der Waals surface area contributed by atoms with Crippen LogP contribution in [0.15, 0.2) is 30.4 Å². The Morgan fingerprint density at radius 2 is 1.83 bits per heavy atom. The Labute approximate surface area is 143 Å². The molecule has 4 heteroatoms. The molecule has 1 aromatic carbocycles. The molecule has 0 radical (unpaired) electrons. The molecule has 0 aromatic heterocycles. The van der Waals surface area contributed by atoms with Crippen LogP contribution in [0.4, 0.5) is 5.69 Å². The van der Waals surface area contributed by atoms with Gasteiger partial charge in [0.15, 0.2) is 0 Å². The minimum atomic E-state index is -0.197. The maximum atomic E-state index is 12.7. The summed E-state index contributed by atoms with van der Waals surface area (Å²) in [6.07, 6.45) is 5.57. The number of hydrogen-bond acceptors (Lipinski definition) is 2. The number of piperidine rings is 1. The van der Waals surface area contributed by atoms with Crippen molar-refractivity contribution in [3.63, 3.8) is 0 Å². The highest BCUT2D eigenvalue weighted by Crippen LogP contribution is 2.31. The van der Waals surface area contributed by atoms with Gasteiger partial charge in [-0.05, 0) is 55.4 Å². The molecular weight excluding hydrogens is 300 g/mol. The van der Waals surface area contributed by atoms with Crippen molar-refractivity contribution in [1.29, 1.82) is 0 Å².